The molecule has 2 aromatic carbocycles. The molecule has 0 radical (unpaired) electrons. The summed E-state index contributed by atoms with van der Waals surface area (Å²) in [6.07, 6.45) is 1.62. The number of nitrogen functional groups attached to an aromatic ring is 1. The molecule has 0 fully saturated rings. The third kappa shape index (κ3) is 2.98. The molecule has 0 spiro atoms. The largest absolute Gasteiger partial charge is 0.399 e. The lowest BCUT2D eigenvalue weighted by atomic mass is 9.93. The minimum absolute atomic E-state index is 0.232. The summed E-state index contributed by atoms with van der Waals surface area (Å²) in [7, 11) is 0. The van der Waals surface area contributed by atoms with Crippen LogP contribution in [0.5, 0.6) is 0 Å². The second-order valence-corrected chi connectivity index (χ2v) is 5.98. The highest BCUT2D eigenvalue weighted by molar-refractivity contribution is 6.25. The summed E-state index contributed by atoms with van der Waals surface area (Å²) < 4.78 is 0. The topological polar surface area (TPSA) is 101 Å². The number of nitrogens with two attached hydrogens (primary N) is 2. The fourth-order valence-electron chi connectivity index (χ4n) is 3.10. The van der Waals surface area contributed by atoms with Gasteiger partial charge < -0.3 is 16.8 Å². The Labute approximate surface area is 140 Å². The van der Waals surface area contributed by atoms with Gasteiger partial charge in [0.05, 0.1) is 5.56 Å². The molecule has 5 N–H and O–H groups in total. The second-order valence-electron chi connectivity index (χ2n) is 5.98. The zero-order valence-corrected chi connectivity index (χ0v) is 13.5. The number of nitrogens with zero attached hydrogens (tertiary/aromatic N) is 1. The van der Waals surface area contributed by atoms with Gasteiger partial charge in [-0.05, 0) is 56.1 Å². The number of rotatable bonds is 7. The quantitative estimate of drug-likeness (QED) is 0.405. The SMILES string of the molecule is NCCCNCCCN1C(=O)c2cccc3cc(N)cc(c23)C1=O. The van der Waals surface area contributed by atoms with Gasteiger partial charge >= 0.3 is 0 Å². The normalized spacial score (nSPS) is 13.8. The highest BCUT2D eigenvalue weighted by atomic mass is 16.2. The number of benzene rings is 2. The summed E-state index contributed by atoms with van der Waals surface area (Å²) in [5.41, 5.74) is 13.0. The number of hydrogen-bond donors (Lipinski definition) is 3. The van der Waals surface area contributed by atoms with E-state index in [-0.39, 0.29) is 11.8 Å². The summed E-state index contributed by atoms with van der Waals surface area (Å²) >= 11 is 0. The Morgan fingerprint density at radius 2 is 1.75 bits per heavy atom. The maximum absolute atomic E-state index is 12.7. The van der Waals surface area contributed by atoms with Crippen LogP contribution in [0, 0.1) is 0 Å². The summed E-state index contributed by atoms with van der Waals surface area (Å²) in [5.74, 6) is -0.497. The van der Waals surface area contributed by atoms with E-state index in [0.29, 0.717) is 41.7 Å². The van der Waals surface area contributed by atoms with Crippen molar-refractivity contribution in [2.75, 3.05) is 31.9 Å². The molecule has 3 rings (SSSR count). The standard InChI is InChI=1S/C18H22N4O2/c19-6-2-7-21-8-3-9-22-17(23)14-5-1-4-12-10-13(20)11-15(16(12)14)18(22)24/h1,4-5,10-11,21H,2-3,6-9,19-20H2. The third-order valence-corrected chi connectivity index (χ3v) is 4.24. The number of amides is 2. The average Bonchev–Trinajstić information content (AvgIpc) is 2.57. The molecule has 6 heteroatoms. The van der Waals surface area contributed by atoms with Crippen molar-refractivity contribution in [1.82, 2.24) is 10.2 Å². The molecule has 1 aliphatic rings. The van der Waals surface area contributed by atoms with Crippen LogP contribution in [0.2, 0.25) is 0 Å². The van der Waals surface area contributed by atoms with Gasteiger partial charge in [0.15, 0.2) is 0 Å². The van der Waals surface area contributed by atoms with Gasteiger partial charge in [0, 0.05) is 23.2 Å². The molecule has 126 valence electrons. The molecule has 6 nitrogen and oxygen atoms in total. The fraction of sp³-hybridized carbons (Fsp3) is 0.333. The van der Waals surface area contributed by atoms with Crippen molar-refractivity contribution in [3.63, 3.8) is 0 Å². The summed E-state index contributed by atoms with van der Waals surface area (Å²) in [4.78, 5) is 26.8. The Morgan fingerprint density at radius 1 is 1.00 bits per heavy atom. The highest BCUT2D eigenvalue weighted by Gasteiger charge is 2.32. The van der Waals surface area contributed by atoms with Gasteiger partial charge in [0.1, 0.15) is 0 Å². The maximum Gasteiger partial charge on any atom is 0.261 e. The van der Waals surface area contributed by atoms with Crippen molar-refractivity contribution < 1.29 is 9.59 Å². The minimum Gasteiger partial charge on any atom is -0.399 e. The lowest BCUT2D eigenvalue weighted by Crippen LogP contribution is -2.41. The van der Waals surface area contributed by atoms with E-state index in [4.69, 9.17) is 11.5 Å². The maximum atomic E-state index is 12.7. The Hall–Kier alpha value is -2.44. The number of imide groups is 1. The summed E-state index contributed by atoms with van der Waals surface area (Å²) in [6, 6.07) is 8.91. The van der Waals surface area contributed by atoms with E-state index in [9.17, 15) is 9.59 Å². The smallest absolute Gasteiger partial charge is 0.261 e. The molecule has 0 aliphatic carbocycles. The molecule has 2 aromatic rings. The number of hydrogen-bond acceptors (Lipinski definition) is 5. The second kappa shape index (κ2) is 6.98. The molecule has 2 amide bonds. The van der Waals surface area contributed by atoms with Gasteiger partial charge in [-0.1, -0.05) is 12.1 Å². The lowest BCUT2D eigenvalue weighted by molar-refractivity contribution is 0.0609. The third-order valence-electron chi connectivity index (χ3n) is 4.24. The van der Waals surface area contributed by atoms with Crippen LogP contribution in [0.15, 0.2) is 30.3 Å². The van der Waals surface area contributed by atoms with E-state index in [1.54, 1.807) is 18.2 Å². The first-order valence-electron chi connectivity index (χ1n) is 8.22. The molecule has 0 saturated carbocycles. The van der Waals surface area contributed by atoms with E-state index >= 15 is 0 Å². The Kier molecular flexibility index (Phi) is 4.78. The van der Waals surface area contributed by atoms with Crippen molar-refractivity contribution in [3.8, 4) is 0 Å². The van der Waals surface area contributed by atoms with Crippen LogP contribution < -0.4 is 16.8 Å². The molecule has 0 saturated heterocycles. The van der Waals surface area contributed by atoms with E-state index < -0.39 is 0 Å². The van der Waals surface area contributed by atoms with Gasteiger partial charge in [0.25, 0.3) is 11.8 Å². The van der Waals surface area contributed by atoms with Crippen LogP contribution in [0.4, 0.5) is 5.69 Å². The van der Waals surface area contributed by atoms with Crippen LogP contribution in [0.25, 0.3) is 10.8 Å². The molecule has 1 aliphatic heterocycles. The fourth-order valence-corrected chi connectivity index (χ4v) is 3.10. The zero-order chi connectivity index (χ0) is 17.1. The van der Waals surface area contributed by atoms with Crippen LogP contribution in [-0.4, -0.2) is 42.9 Å². The van der Waals surface area contributed by atoms with Crippen LogP contribution in [0.3, 0.4) is 0 Å². The van der Waals surface area contributed by atoms with Gasteiger partial charge in [-0.15, -0.1) is 0 Å². The Bertz CT molecular complexity index is 788. The van der Waals surface area contributed by atoms with Crippen molar-refractivity contribution in [3.05, 3.63) is 41.5 Å². The number of carbonyl (C=O) groups excluding carboxylic acids is 2. The highest BCUT2D eigenvalue weighted by Crippen LogP contribution is 2.31. The number of anilines is 1. The Morgan fingerprint density at radius 3 is 2.54 bits per heavy atom. The van der Waals surface area contributed by atoms with E-state index in [1.807, 2.05) is 12.1 Å². The van der Waals surface area contributed by atoms with Crippen molar-refractivity contribution in [2.45, 2.75) is 12.8 Å². The average molecular weight is 326 g/mol. The first-order chi connectivity index (χ1) is 11.6. The molecular weight excluding hydrogens is 304 g/mol. The first kappa shape index (κ1) is 16.4. The van der Waals surface area contributed by atoms with Gasteiger partial charge in [0.2, 0.25) is 0 Å². The molecule has 0 aromatic heterocycles. The molecule has 0 bridgehead atoms. The Balaban J connectivity index is 1.80. The van der Waals surface area contributed by atoms with Gasteiger partial charge in [-0.3, -0.25) is 14.5 Å². The number of nitrogens with one attached hydrogen (secondary N) is 1. The predicted molar refractivity (Wildman–Crippen MR) is 94.9 cm³/mol. The van der Waals surface area contributed by atoms with Crippen LogP contribution in [0.1, 0.15) is 33.6 Å². The zero-order valence-electron chi connectivity index (χ0n) is 13.5. The van der Waals surface area contributed by atoms with Crippen molar-refractivity contribution in [1.29, 1.82) is 0 Å². The molecule has 0 atom stereocenters. The van der Waals surface area contributed by atoms with E-state index in [2.05, 4.69) is 5.32 Å². The van der Waals surface area contributed by atoms with Gasteiger partial charge in [-0.2, -0.15) is 0 Å². The van der Waals surface area contributed by atoms with Crippen LogP contribution in [-0.2, 0) is 0 Å². The molecule has 0 unspecified atom stereocenters. The van der Waals surface area contributed by atoms with Gasteiger partial charge in [-0.25, -0.2) is 0 Å². The van der Waals surface area contributed by atoms with E-state index in [0.717, 1.165) is 24.9 Å². The molecule has 1 heterocycles. The minimum atomic E-state index is -0.266. The van der Waals surface area contributed by atoms with Crippen molar-refractivity contribution in [2.24, 2.45) is 5.73 Å². The molecular formula is C18H22N4O2. The summed E-state index contributed by atoms with van der Waals surface area (Å²) in [6.45, 7) is 2.62. The molecule has 24 heavy (non-hydrogen) atoms. The lowest BCUT2D eigenvalue weighted by Gasteiger charge is -2.27. The summed E-state index contributed by atoms with van der Waals surface area (Å²) in [5, 5.41) is 4.79. The van der Waals surface area contributed by atoms with E-state index in [1.165, 1.54) is 4.90 Å². The number of carbonyl (C=O) groups is 2. The monoisotopic (exact) mass is 326 g/mol. The predicted octanol–water partition coefficient (Wildman–Crippen LogP) is 1.35. The first-order valence-corrected chi connectivity index (χ1v) is 8.22. The van der Waals surface area contributed by atoms with Crippen molar-refractivity contribution >= 4 is 28.3 Å². The van der Waals surface area contributed by atoms with Crippen LogP contribution >= 0.6 is 0 Å².